The summed E-state index contributed by atoms with van der Waals surface area (Å²) in [5.74, 6) is -0.636. The topological polar surface area (TPSA) is 18.5 Å². The van der Waals surface area contributed by atoms with E-state index in [-0.39, 0.29) is 22.6 Å². The summed E-state index contributed by atoms with van der Waals surface area (Å²) in [5, 5.41) is 0. The van der Waals surface area contributed by atoms with Gasteiger partial charge < -0.3 is 9.47 Å². The third kappa shape index (κ3) is 9.55. The molecule has 0 amide bonds. The molecule has 0 bridgehead atoms. The van der Waals surface area contributed by atoms with Crippen LogP contribution in [-0.2, 0) is 0 Å². The second-order valence-corrected chi connectivity index (χ2v) is 14.2. The lowest BCUT2D eigenvalue weighted by molar-refractivity contribution is 0.308. The Balaban J connectivity index is 0.000000198. The van der Waals surface area contributed by atoms with Gasteiger partial charge in [-0.1, -0.05) is 81.6 Å². The molecule has 51 heavy (non-hydrogen) atoms. The van der Waals surface area contributed by atoms with Crippen molar-refractivity contribution in [2.24, 2.45) is 11.8 Å². The molecular weight excluding hydrogens is 648 g/mol. The second kappa shape index (κ2) is 18.6. The van der Waals surface area contributed by atoms with Gasteiger partial charge in [0.2, 0.25) is 11.6 Å². The molecule has 4 aromatic rings. The molecule has 0 unspecified atom stereocenters. The molecule has 0 spiro atoms. The normalized spacial score (nSPS) is 20.3. The Hall–Kier alpha value is -3.80. The molecule has 0 N–H and O–H groups in total. The zero-order valence-electron chi connectivity index (χ0n) is 30.8. The lowest BCUT2D eigenvalue weighted by atomic mass is 9.77. The van der Waals surface area contributed by atoms with Crippen LogP contribution in [0.5, 0.6) is 11.5 Å². The lowest BCUT2D eigenvalue weighted by Gasteiger charge is -2.28. The standard InChI is InChI=1S/C23H28F2O.C22H26F2O/c1-3-5-16-6-8-17(9-7-16)18-10-12-19(13-11-18)20-14-15-21(26-4-2)23(25)22(20)24;1-3-15-5-7-16(8-6-15)17-9-11-18(12-10-17)19-13-14-20(25-4-2)22(24)21(19)23/h10-17H,3-9H2,1-2H3;9-16H,3-8H2,1-2H3. The molecule has 2 nitrogen and oxygen atoms in total. The van der Waals surface area contributed by atoms with Crippen LogP contribution in [0.2, 0.25) is 0 Å². The van der Waals surface area contributed by atoms with E-state index in [2.05, 4.69) is 38.1 Å². The number of benzene rings is 4. The van der Waals surface area contributed by atoms with Crippen LogP contribution in [0.15, 0.2) is 72.8 Å². The third-order valence-electron chi connectivity index (χ3n) is 11.0. The molecule has 0 aromatic heterocycles. The van der Waals surface area contributed by atoms with E-state index < -0.39 is 23.3 Å². The van der Waals surface area contributed by atoms with Gasteiger partial charge in [0.05, 0.1) is 13.2 Å². The van der Waals surface area contributed by atoms with Crippen LogP contribution in [0.3, 0.4) is 0 Å². The average Bonchev–Trinajstić information content (AvgIpc) is 3.17. The Morgan fingerprint density at radius 1 is 0.471 bits per heavy atom. The van der Waals surface area contributed by atoms with Gasteiger partial charge in [0, 0.05) is 11.1 Å². The number of ether oxygens (including phenoxy) is 2. The maximum atomic E-state index is 14.4. The summed E-state index contributed by atoms with van der Waals surface area (Å²) in [5.41, 5.74) is 4.59. The molecule has 2 aliphatic rings. The van der Waals surface area contributed by atoms with Crippen molar-refractivity contribution < 1.29 is 27.0 Å². The fraction of sp³-hybridized carbons (Fsp3) is 0.467. The largest absolute Gasteiger partial charge is 0.491 e. The van der Waals surface area contributed by atoms with Crippen molar-refractivity contribution in [3.8, 4) is 33.8 Å². The maximum Gasteiger partial charge on any atom is 0.201 e. The summed E-state index contributed by atoms with van der Waals surface area (Å²) in [6, 6.07) is 22.1. The fourth-order valence-electron chi connectivity index (χ4n) is 8.01. The van der Waals surface area contributed by atoms with E-state index >= 15 is 0 Å². The average molecular weight is 703 g/mol. The SMILES string of the molecule is CCCC1CCC(c2ccc(-c3ccc(OCC)c(F)c3F)cc2)CC1.CCOc1ccc(-c2ccc(C3CCC(CC)CC3)cc2)c(F)c1F. The molecule has 0 radical (unpaired) electrons. The summed E-state index contributed by atoms with van der Waals surface area (Å²) >= 11 is 0. The highest BCUT2D eigenvalue weighted by molar-refractivity contribution is 5.66. The van der Waals surface area contributed by atoms with E-state index in [0.717, 1.165) is 11.8 Å². The van der Waals surface area contributed by atoms with E-state index in [4.69, 9.17) is 9.47 Å². The molecule has 6 rings (SSSR count). The molecule has 2 saturated carbocycles. The van der Waals surface area contributed by atoms with Gasteiger partial charge in [-0.25, -0.2) is 8.78 Å². The Morgan fingerprint density at radius 2 is 0.863 bits per heavy atom. The first-order valence-electron chi connectivity index (χ1n) is 19.2. The molecule has 0 heterocycles. The quantitative estimate of drug-likeness (QED) is 0.145. The van der Waals surface area contributed by atoms with Crippen LogP contribution in [0, 0.1) is 35.1 Å². The van der Waals surface area contributed by atoms with Gasteiger partial charge in [-0.3, -0.25) is 0 Å². The minimum atomic E-state index is -0.915. The van der Waals surface area contributed by atoms with Gasteiger partial charge >= 0.3 is 0 Å². The molecule has 0 saturated heterocycles. The molecule has 0 atom stereocenters. The van der Waals surface area contributed by atoms with E-state index in [1.54, 1.807) is 26.0 Å². The zero-order valence-corrected chi connectivity index (χ0v) is 30.8. The van der Waals surface area contributed by atoms with Crippen LogP contribution < -0.4 is 9.47 Å². The number of halogens is 4. The molecule has 0 aliphatic heterocycles. The third-order valence-corrected chi connectivity index (χ3v) is 11.0. The van der Waals surface area contributed by atoms with Crippen molar-refractivity contribution in [1.82, 2.24) is 0 Å². The van der Waals surface area contributed by atoms with Gasteiger partial charge in [-0.05, 0) is 135 Å². The van der Waals surface area contributed by atoms with Gasteiger partial charge in [-0.2, -0.15) is 8.78 Å². The van der Waals surface area contributed by atoms with Crippen molar-refractivity contribution in [3.63, 3.8) is 0 Å². The summed E-state index contributed by atoms with van der Waals surface area (Å²) in [7, 11) is 0. The van der Waals surface area contributed by atoms with Crippen molar-refractivity contribution in [2.75, 3.05) is 13.2 Å². The lowest BCUT2D eigenvalue weighted by Crippen LogP contribution is -2.13. The zero-order chi connectivity index (χ0) is 36.3. The van der Waals surface area contributed by atoms with E-state index in [0.29, 0.717) is 36.2 Å². The molecule has 2 fully saturated rings. The number of hydrogen-bond donors (Lipinski definition) is 0. The van der Waals surface area contributed by atoms with E-state index in [1.165, 1.54) is 93.9 Å². The highest BCUT2D eigenvalue weighted by Crippen LogP contribution is 2.40. The molecule has 6 heteroatoms. The molecule has 274 valence electrons. The first-order valence-corrected chi connectivity index (χ1v) is 19.2. The van der Waals surface area contributed by atoms with Crippen molar-refractivity contribution in [1.29, 1.82) is 0 Å². The Labute approximate surface area is 302 Å². The Kier molecular flexibility index (Phi) is 14.0. The summed E-state index contributed by atoms with van der Waals surface area (Å²) in [4.78, 5) is 0. The predicted molar refractivity (Wildman–Crippen MR) is 201 cm³/mol. The summed E-state index contributed by atoms with van der Waals surface area (Å²) in [6.07, 6.45) is 14.0. The van der Waals surface area contributed by atoms with Crippen LogP contribution in [-0.4, -0.2) is 13.2 Å². The van der Waals surface area contributed by atoms with Gasteiger partial charge in [0.25, 0.3) is 0 Å². The monoisotopic (exact) mass is 702 g/mol. The first kappa shape index (κ1) is 38.4. The highest BCUT2D eigenvalue weighted by Gasteiger charge is 2.24. The van der Waals surface area contributed by atoms with E-state index in [9.17, 15) is 17.6 Å². The Morgan fingerprint density at radius 3 is 1.22 bits per heavy atom. The van der Waals surface area contributed by atoms with Gasteiger partial charge in [0.1, 0.15) is 0 Å². The van der Waals surface area contributed by atoms with Crippen molar-refractivity contribution >= 4 is 0 Å². The van der Waals surface area contributed by atoms with Crippen LogP contribution in [0.1, 0.15) is 121 Å². The predicted octanol–water partition coefficient (Wildman–Crippen LogP) is 13.8. The highest BCUT2D eigenvalue weighted by atomic mass is 19.2. The van der Waals surface area contributed by atoms with E-state index in [1.807, 2.05) is 24.3 Å². The van der Waals surface area contributed by atoms with Crippen LogP contribution >= 0.6 is 0 Å². The van der Waals surface area contributed by atoms with Crippen LogP contribution in [0.25, 0.3) is 22.3 Å². The minimum Gasteiger partial charge on any atom is -0.491 e. The molecule has 4 aromatic carbocycles. The van der Waals surface area contributed by atoms with Gasteiger partial charge in [0.15, 0.2) is 23.1 Å². The Bertz CT molecular complexity index is 1670. The van der Waals surface area contributed by atoms with Crippen molar-refractivity contribution in [2.45, 2.75) is 110 Å². The smallest absolute Gasteiger partial charge is 0.201 e. The minimum absolute atomic E-state index is 0.0331. The van der Waals surface area contributed by atoms with Crippen molar-refractivity contribution in [3.05, 3.63) is 107 Å². The number of rotatable bonds is 11. The first-order chi connectivity index (χ1) is 24.8. The van der Waals surface area contributed by atoms with Crippen LogP contribution in [0.4, 0.5) is 17.6 Å². The maximum absolute atomic E-state index is 14.4. The second-order valence-electron chi connectivity index (χ2n) is 14.2. The number of hydrogen-bond acceptors (Lipinski definition) is 2. The fourth-order valence-corrected chi connectivity index (χ4v) is 8.01. The summed E-state index contributed by atoms with van der Waals surface area (Å²) in [6.45, 7) is 8.64. The molecular formula is C45H54F4O2. The summed E-state index contributed by atoms with van der Waals surface area (Å²) < 4.78 is 67.1. The molecule has 2 aliphatic carbocycles. The van der Waals surface area contributed by atoms with Gasteiger partial charge in [-0.15, -0.1) is 0 Å².